The molecular formula is C18H20BrN3O4S. The topological polar surface area (TPSA) is 88.5 Å². The van der Waals surface area contributed by atoms with Crippen LogP contribution in [0.25, 0.3) is 0 Å². The summed E-state index contributed by atoms with van der Waals surface area (Å²) in [6.45, 7) is 0.955. The van der Waals surface area contributed by atoms with E-state index in [9.17, 15) is 18.0 Å². The predicted molar refractivity (Wildman–Crippen MR) is 106 cm³/mol. The van der Waals surface area contributed by atoms with Crippen molar-refractivity contribution in [2.75, 3.05) is 18.4 Å². The fraction of sp³-hybridized carbons (Fsp3) is 0.333. The molecule has 1 aromatic heterocycles. The van der Waals surface area contributed by atoms with Gasteiger partial charge in [0.2, 0.25) is 15.9 Å². The minimum Gasteiger partial charge on any atom is -0.325 e. The Kier molecular flexibility index (Phi) is 6.13. The number of aromatic nitrogens is 1. The maximum atomic E-state index is 12.6. The Labute approximate surface area is 166 Å². The number of nitrogens with one attached hydrogen (secondary N) is 1. The van der Waals surface area contributed by atoms with Crippen molar-refractivity contribution in [3.05, 3.63) is 57.4 Å². The van der Waals surface area contributed by atoms with E-state index in [0.717, 1.165) is 19.3 Å². The second kappa shape index (κ2) is 8.37. The zero-order valence-corrected chi connectivity index (χ0v) is 17.0. The monoisotopic (exact) mass is 453 g/mol. The summed E-state index contributed by atoms with van der Waals surface area (Å²) in [5, 5.41) is 2.67. The van der Waals surface area contributed by atoms with E-state index in [-0.39, 0.29) is 22.9 Å². The summed E-state index contributed by atoms with van der Waals surface area (Å²) < 4.78 is 28.7. The third-order valence-electron chi connectivity index (χ3n) is 4.35. The molecule has 0 aliphatic carbocycles. The van der Waals surface area contributed by atoms with Crippen molar-refractivity contribution in [2.24, 2.45) is 0 Å². The highest BCUT2D eigenvalue weighted by Gasteiger charge is 2.25. The number of carbonyl (C=O) groups excluding carboxylic acids is 1. The lowest BCUT2D eigenvalue weighted by atomic mass is 10.2. The molecule has 0 atom stereocenters. The van der Waals surface area contributed by atoms with Gasteiger partial charge in [-0.1, -0.05) is 6.42 Å². The van der Waals surface area contributed by atoms with E-state index in [1.165, 1.54) is 33.3 Å². The highest BCUT2D eigenvalue weighted by Crippen LogP contribution is 2.22. The molecule has 0 spiro atoms. The molecule has 0 unspecified atom stereocenters. The molecule has 1 N–H and O–H groups in total. The van der Waals surface area contributed by atoms with Crippen LogP contribution < -0.4 is 10.9 Å². The number of hydrogen-bond acceptors (Lipinski definition) is 4. The Balaban J connectivity index is 1.67. The molecule has 3 rings (SSSR count). The molecule has 2 heterocycles. The van der Waals surface area contributed by atoms with Crippen LogP contribution >= 0.6 is 15.9 Å². The van der Waals surface area contributed by atoms with Crippen LogP contribution in [0.3, 0.4) is 0 Å². The number of rotatable bonds is 5. The van der Waals surface area contributed by atoms with E-state index in [1.54, 1.807) is 18.2 Å². The highest BCUT2D eigenvalue weighted by atomic mass is 79.9. The number of pyridine rings is 1. The molecule has 1 amide bonds. The Bertz CT molecular complexity index is 980. The van der Waals surface area contributed by atoms with Gasteiger partial charge in [0, 0.05) is 35.5 Å². The van der Waals surface area contributed by atoms with Gasteiger partial charge in [-0.25, -0.2) is 8.42 Å². The van der Waals surface area contributed by atoms with E-state index >= 15 is 0 Å². The van der Waals surface area contributed by atoms with Gasteiger partial charge in [0.25, 0.3) is 5.56 Å². The minimum absolute atomic E-state index is 0.133. The van der Waals surface area contributed by atoms with Crippen molar-refractivity contribution >= 4 is 37.5 Å². The first-order chi connectivity index (χ1) is 12.9. The summed E-state index contributed by atoms with van der Waals surface area (Å²) in [4.78, 5) is 24.1. The zero-order valence-electron chi connectivity index (χ0n) is 14.6. The number of carbonyl (C=O) groups is 1. The van der Waals surface area contributed by atoms with Crippen LogP contribution in [0.4, 0.5) is 5.69 Å². The first-order valence-electron chi connectivity index (χ1n) is 8.62. The molecule has 1 fully saturated rings. The second-order valence-electron chi connectivity index (χ2n) is 6.35. The Morgan fingerprint density at radius 2 is 1.70 bits per heavy atom. The van der Waals surface area contributed by atoms with Crippen molar-refractivity contribution in [3.63, 3.8) is 0 Å². The van der Waals surface area contributed by atoms with E-state index in [1.807, 2.05) is 0 Å². The van der Waals surface area contributed by atoms with Crippen LogP contribution in [-0.2, 0) is 21.4 Å². The van der Waals surface area contributed by atoms with Gasteiger partial charge < -0.3 is 9.88 Å². The molecule has 0 bridgehead atoms. The van der Waals surface area contributed by atoms with Gasteiger partial charge in [-0.15, -0.1) is 0 Å². The minimum atomic E-state index is -3.50. The number of nitrogens with zero attached hydrogens (tertiary/aromatic N) is 2. The first-order valence-corrected chi connectivity index (χ1v) is 10.9. The van der Waals surface area contributed by atoms with Crippen LogP contribution in [0.1, 0.15) is 19.3 Å². The molecule has 1 aliphatic heterocycles. The molecular weight excluding hydrogens is 434 g/mol. The molecule has 7 nitrogen and oxygen atoms in total. The number of benzene rings is 1. The lowest BCUT2D eigenvalue weighted by Crippen LogP contribution is -2.35. The van der Waals surface area contributed by atoms with Crippen molar-refractivity contribution < 1.29 is 13.2 Å². The number of anilines is 1. The van der Waals surface area contributed by atoms with Crippen molar-refractivity contribution in [3.8, 4) is 0 Å². The van der Waals surface area contributed by atoms with Gasteiger partial charge in [-0.3, -0.25) is 9.59 Å². The van der Waals surface area contributed by atoms with Gasteiger partial charge in [-0.2, -0.15) is 4.31 Å². The van der Waals surface area contributed by atoms with Crippen LogP contribution in [-0.4, -0.2) is 36.3 Å². The second-order valence-corrected chi connectivity index (χ2v) is 9.20. The van der Waals surface area contributed by atoms with Crippen molar-refractivity contribution in [1.82, 2.24) is 8.87 Å². The summed E-state index contributed by atoms with van der Waals surface area (Å²) in [6, 6.07) is 9.07. The largest absolute Gasteiger partial charge is 0.325 e. The molecule has 144 valence electrons. The smallest absolute Gasteiger partial charge is 0.251 e. The number of sulfonamides is 1. The Morgan fingerprint density at radius 1 is 1.04 bits per heavy atom. The maximum Gasteiger partial charge on any atom is 0.251 e. The maximum absolute atomic E-state index is 12.6. The van der Waals surface area contributed by atoms with Gasteiger partial charge in [0.1, 0.15) is 6.54 Å². The summed E-state index contributed by atoms with van der Waals surface area (Å²) in [6.07, 6.45) is 4.35. The van der Waals surface area contributed by atoms with Gasteiger partial charge in [0.05, 0.1) is 4.90 Å². The third kappa shape index (κ3) is 4.85. The Hall–Kier alpha value is -1.97. The van der Waals surface area contributed by atoms with Crippen LogP contribution in [0.15, 0.2) is 56.8 Å². The van der Waals surface area contributed by atoms with Crippen LogP contribution in [0.2, 0.25) is 0 Å². The van der Waals surface area contributed by atoms with Crippen molar-refractivity contribution in [1.29, 1.82) is 0 Å². The molecule has 1 aromatic carbocycles. The fourth-order valence-electron chi connectivity index (χ4n) is 2.95. The number of halogens is 1. The fourth-order valence-corrected chi connectivity index (χ4v) is 4.84. The average Bonchev–Trinajstić information content (AvgIpc) is 2.66. The number of hydrogen-bond donors (Lipinski definition) is 1. The summed E-state index contributed by atoms with van der Waals surface area (Å²) in [7, 11) is -3.50. The zero-order chi connectivity index (χ0) is 19.4. The molecule has 0 radical (unpaired) electrons. The van der Waals surface area contributed by atoms with Crippen LogP contribution in [0, 0.1) is 0 Å². The van der Waals surface area contributed by atoms with E-state index in [2.05, 4.69) is 21.2 Å². The van der Waals surface area contributed by atoms with E-state index in [0.29, 0.717) is 23.2 Å². The van der Waals surface area contributed by atoms with Gasteiger partial charge >= 0.3 is 0 Å². The quantitative estimate of drug-likeness (QED) is 0.752. The lowest BCUT2D eigenvalue weighted by Gasteiger charge is -2.25. The predicted octanol–water partition coefficient (Wildman–Crippen LogP) is 2.42. The highest BCUT2D eigenvalue weighted by molar-refractivity contribution is 9.10. The molecule has 0 saturated carbocycles. The average molecular weight is 454 g/mol. The standard InChI is InChI=1S/C18H20BrN3O4S/c19-14-4-9-18(24)21(12-14)13-17(23)20-15-5-7-16(8-6-15)27(25,26)22-10-2-1-3-11-22/h4-9,12H,1-3,10-11,13H2,(H,20,23). The third-order valence-corrected chi connectivity index (χ3v) is 6.73. The molecule has 27 heavy (non-hydrogen) atoms. The number of amides is 1. The van der Waals surface area contributed by atoms with Gasteiger partial charge in [-0.05, 0) is 59.1 Å². The van der Waals surface area contributed by atoms with Crippen molar-refractivity contribution in [2.45, 2.75) is 30.7 Å². The van der Waals surface area contributed by atoms with Crippen LogP contribution in [0.5, 0.6) is 0 Å². The molecule has 9 heteroatoms. The Morgan fingerprint density at radius 3 is 2.37 bits per heavy atom. The summed E-state index contributed by atoms with van der Waals surface area (Å²) >= 11 is 3.26. The first kappa shape index (κ1) is 19.8. The molecule has 1 aliphatic rings. The summed E-state index contributed by atoms with van der Waals surface area (Å²) in [5.74, 6) is -0.373. The summed E-state index contributed by atoms with van der Waals surface area (Å²) in [5.41, 5.74) is 0.192. The van der Waals surface area contributed by atoms with E-state index < -0.39 is 10.0 Å². The van der Waals surface area contributed by atoms with Gasteiger partial charge in [0.15, 0.2) is 0 Å². The normalized spacial score (nSPS) is 15.4. The SMILES string of the molecule is O=C(Cn1cc(Br)ccc1=O)Nc1ccc(S(=O)(=O)N2CCCCC2)cc1. The lowest BCUT2D eigenvalue weighted by molar-refractivity contribution is -0.116. The molecule has 2 aromatic rings. The number of piperidine rings is 1. The molecule has 1 saturated heterocycles. The van der Waals surface area contributed by atoms with E-state index in [4.69, 9.17) is 0 Å².